The molecule has 0 spiro atoms. The maximum absolute atomic E-state index is 11.8. The van der Waals surface area contributed by atoms with Gasteiger partial charge in [-0.3, -0.25) is 4.39 Å². The third-order valence-electron chi connectivity index (χ3n) is 1.34. The third-order valence-corrected chi connectivity index (χ3v) is 2.92. The number of alkyl halides is 1. The fraction of sp³-hybridized carbons (Fsp3) is 0.333. The summed E-state index contributed by atoms with van der Waals surface area (Å²) >= 11 is 5.07. The van der Waals surface area contributed by atoms with Crippen molar-refractivity contribution < 1.29 is 4.39 Å². The van der Waals surface area contributed by atoms with E-state index >= 15 is 0 Å². The highest BCUT2D eigenvalue weighted by molar-refractivity contribution is 9.10. The fourth-order valence-electron chi connectivity index (χ4n) is 0.801. The lowest BCUT2D eigenvalue weighted by molar-refractivity contribution is 0.489. The van der Waals surface area contributed by atoms with E-state index in [1.54, 1.807) is 11.8 Å². The minimum Gasteiger partial charge on any atom is -0.251 e. The van der Waals surface area contributed by atoms with Crippen molar-refractivity contribution in [3.05, 3.63) is 28.7 Å². The Hall–Kier alpha value is -0.0200. The van der Waals surface area contributed by atoms with Crippen molar-refractivity contribution in [3.8, 4) is 0 Å². The summed E-state index contributed by atoms with van der Waals surface area (Å²) in [5.41, 5.74) is 0. The highest BCUT2D eigenvalue weighted by atomic mass is 79.9. The second-order valence-electron chi connectivity index (χ2n) is 2.35. The minimum atomic E-state index is -0.221. The van der Waals surface area contributed by atoms with Crippen LogP contribution in [-0.2, 0) is 0 Å². The van der Waals surface area contributed by atoms with Crippen LogP contribution in [0.1, 0.15) is 6.42 Å². The molecule has 0 heterocycles. The zero-order chi connectivity index (χ0) is 8.81. The van der Waals surface area contributed by atoms with Gasteiger partial charge in [0.1, 0.15) is 0 Å². The van der Waals surface area contributed by atoms with Gasteiger partial charge in [0.25, 0.3) is 0 Å². The van der Waals surface area contributed by atoms with E-state index < -0.39 is 0 Å². The second-order valence-corrected chi connectivity index (χ2v) is 4.43. The lowest BCUT2D eigenvalue weighted by Gasteiger charge is -1.99. The summed E-state index contributed by atoms with van der Waals surface area (Å²) in [5.74, 6) is 0.854. The van der Waals surface area contributed by atoms with Gasteiger partial charge in [0, 0.05) is 15.1 Å². The molecule has 12 heavy (non-hydrogen) atoms. The lowest BCUT2D eigenvalue weighted by Crippen LogP contribution is -1.81. The van der Waals surface area contributed by atoms with Crippen LogP contribution in [0.15, 0.2) is 33.6 Å². The van der Waals surface area contributed by atoms with Gasteiger partial charge in [0.15, 0.2) is 0 Å². The number of hydrogen-bond acceptors (Lipinski definition) is 1. The molecule has 1 aromatic carbocycles. The Morgan fingerprint density at radius 2 is 2.25 bits per heavy atom. The summed E-state index contributed by atoms with van der Waals surface area (Å²) in [4.78, 5) is 1.19. The summed E-state index contributed by atoms with van der Waals surface area (Å²) in [7, 11) is 0. The molecule has 0 amide bonds. The van der Waals surface area contributed by atoms with Crippen LogP contribution in [0, 0.1) is 0 Å². The van der Waals surface area contributed by atoms with Crippen molar-refractivity contribution in [2.75, 3.05) is 12.4 Å². The predicted molar refractivity (Wildman–Crippen MR) is 55.5 cm³/mol. The quantitative estimate of drug-likeness (QED) is 0.576. The molecule has 66 valence electrons. The van der Waals surface area contributed by atoms with Gasteiger partial charge in [-0.05, 0) is 24.6 Å². The predicted octanol–water partition coefficient (Wildman–Crippen LogP) is 3.90. The Bertz CT molecular complexity index is 240. The fourth-order valence-corrected chi connectivity index (χ4v) is 2.23. The average Bonchev–Trinajstić information content (AvgIpc) is 2.05. The lowest BCUT2D eigenvalue weighted by atomic mass is 10.4. The van der Waals surface area contributed by atoms with Gasteiger partial charge in [-0.1, -0.05) is 22.0 Å². The summed E-state index contributed by atoms with van der Waals surface area (Å²) in [6.07, 6.45) is 0.636. The van der Waals surface area contributed by atoms with Crippen LogP contribution < -0.4 is 0 Å². The monoisotopic (exact) mass is 248 g/mol. The maximum atomic E-state index is 11.8. The Labute approximate surface area is 84.7 Å². The van der Waals surface area contributed by atoms with Gasteiger partial charge in [0.05, 0.1) is 6.67 Å². The zero-order valence-electron chi connectivity index (χ0n) is 6.59. The molecular weight excluding hydrogens is 239 g/mol. The number of halogens is 2. The molecule has 3 heteroatoms. The van der Waals surface area contributed by atoms with E-state index in [9.17, 15) is 4.39 Å². The molecule has 1 aromatic rings. The van der Waals surface area contributed by atoms with Crippen molar-refractivity contribution in [3.63, 3.8) is 0 Å². The smallest absolute Gasteiger partial charge is 0.0902 e. The second kappa shape index (κ2) is 5.60. The van der Waals surface area contributed by atoms with Crippen LogP contribution in [0.3, 0.4) is 0 Å². The number of benzene rings is 1. The van der Waals surface area contributed by atoms with E-state index in [0.29, 0.717) is 6.42 Å². The van der Waals surface area contributed by atoms with E-state index in [4.69, 9.17) is 0 Å². The van der Waals surface area contributed by atoms with E-state index in [-0.39, 0.29) is 6.67 Å². The highest BCUT2D eigenvalue weighted by Gasteiger charge is 1.93. The van der Waals surface area contributed by atoms with Gasteiger partial charge >= 0.3 is 0 Å². The first kappa shape index (κ1) is 10.1. The van der Waals surface area contributed by atoms with Gasteiger partial charge in [0.2, 0.25) is 0 Å². The van der Waals surface area contributed by atoms with Gasteiger partial charge in [-0.15, -0.1) is 11.8 Å². The number of hydrogen-bond donors (Lipinski definition) is 0. The largest absolute Gasteiger partial charge is 0.251 e. The van der Waals surface area contributed by atoms with E-state index in [0.717, 1.165) is 10.2 Å². The van der Waals surface area contributed by atoms with Crippen LogP contribution >= 0.6 is 27.7 Å². The molecule has 0 bridgehead atoms. The summed E-state index contributed by atoms with van der Waals surface area (Å²) in [6, 6.07) is 8.05. The van der Waals surface area contributed by atoms with Gasteiger partial charge in [-0.2, -0.15) is 0 Å². The average molecular weight is 249 g/mol. The first-order chi connectivity index (χ1) is 5.83. The molecule has 0 aliphatic rings. The van der Waals surface area contributed by atoms with E-state index in [1.807, 2.05) is 24.3 Å². The summed E-state index contributed by atoms with van der Waals surface area (Å²) in [6.45, 7) is -0.221. The van der Waals surface area contributed by atoms with Crippen LogP contribution in [0.25, 0.3) is 0 Å². The Balaban J connectivity index is 2.41. The van der Waals surface area contributed by atoms with Crippen LogP contribution in [0.2, 0.25) is 0 Å². The molecule has 0 aliphatic heterocycles. The van der Waals surface area contributed by atoms with Crippen molar-refractivity contribution in [2.45, 2.75) is 11.3 Å². The summed E-state index contributed by atoms with van der Waals surface area (Å²) in [5, 5.41) is 0. The molecule has 0 unspecified atom stereocenters. The zero-order valence-corrected chi connectivity index (χ0v) is 9.00. The Kier molecular flexibility index (Phi) is 4.69. The van der Waals surface area contributed by atoms with Crippen molar-refractivity contribution in [2.24, 2.45) is 0 Å². The molecule has 0 fully saturated rings. The normalized spacial score (nSPS) is 10.2. The first-order valence-corrected chi connectivity index (χ1v) is 5.55. The highest BCUT2D eigenvalue weighted by Crippen LogP contribution is 2.22. The third kappa shape index (κ3) is 3.59. The van der Waals surface area contributed by atoms with E-state index in [1.165, 1.54) is 4.90 Å². The Morgan fingerprint density at radius 3 is 2.92 bits per heavy atom. The molecule has 0 radical (unpaired) electrons. The van der Waals surface area contributed by atoms with E-state index in [2.05, 4.69) is 15.9 Å². The SMILES string of the molecule is FCCCSc1cccc(Br)c1. The van der Waals surface area contributed by atoms with Crippen LogP contribution in [0.5, 0.6) is 0 Å². The van der Waals surface area contributed by atoms with Crippen molar-refractivity contribution in [1.29, 1.82) is 0 Å². The molecular formula is C9H10BrFS. The van der Waals surface area contributed by atoms with Crippen LogP contribution in [0.4, 0.5) is 4.39 Å². The van der Waals surface area contributed by atoms with Crippen LogP contribution in [-0.4, -0.2) is 12.4 Å². The number of thioether (sulfide) groups is 1. The molecule has 0 nitrogen and oxygen atoms in total. The molecule has 0 atom stereocenters. The Morgan fingerprint density at radius 1 is 1.42 bits per heavy atom. The van der Waals surface area contributed by atoms with Gasteiger partial charge < -0.3 is 0 Å². The molecule has 0 aliphatic carbocycles. The minimum absolute atomic E-state index is 0.221. The molecule has 1 rings (SSSR count). The molecule has 0 saturated carbocycles. The first-order valence-electron chi connectivity index (χ1n) is 3.77. The van der Waals surface area contributed by atoms with Gasteiger partial charge in [-0.25, -0.2) is 0 Å². The molecule has 0 saturated heterocycles. The van der Waals surface area contributed by atoms with Crippen molar-refractivity contribution in [1.82, 2.24) is 0 Å². The molecule has 0 N–H and O–H groups in total. The standard InChI is InChI=1S/C9H10BrFS/c10-8-3-1-4-9(7-8)12-6-2-5-11/h1,3-4,7H,2,5-6H2. The topological polar surface area (TPSA) is 0 Å². The number of rotatable bonds is 4. The van der Waals surface area contributed by atoms with Crippen molar-refractivity contribution >= 4 is 27.7 Å². The molecule has 0 aromatic heterocycles. The summed E-state index contributed by atoms with van der Waals surface area (Å²) < 4.78 is 12.8. The maximum Gasteiger partial charge on any atom is 0.0902 e.